The molecule has 0 spiro atoms. The van der Waals surface area contributed by atoms with Gasteiger partial charge in [-0.1, -0.05) is 19.1 Å². The van der Waals surface area contributed by atoms with Crippen molar-refractivity contribution in [1.82, 2.24) is 20.2 Å². The molecule has 7 nitrogen and oxygen atoms in total. The average Bonchev–Trinajstić information content (AvgIpc) is 3.61. The van der Waals surface area contributed by atoms with Crippen molar-refractivity contribution in [3.63, 3.8) is 0 Å². The Hall–Kier alpha value is -4.10. The van der Waals surface area contributed by atoms with E-state index >= 15 is 0 Å². The van der Waals surface area contributed by atoms with Crippen LogP contribution >= 0.6 is 0 Å². The van der Waals surface area contributed by atoms with Crippen LogP contribution in [0.2, 0.25) is 0 Å². The fourth-order valence-electron chi connectivity index (χ4n) is 4.15. The second kappa shape index (κ2) is 8.80. The topological polar surface area (TPSA) is 106 Å². The number of fused-ring (bicyclic) bond motifs is 1. The minimum Gasteiger partial charge on any atom is -0.495 e. The van der Waals surface area contributed by atoms with E-state index in [1.54, 1.807) is 25.8 Å². The van der Waals surface area contributed by atoms with Crippen LogP contribution in [0, 0.1) is 0 Å². The quantitative estimate of drug-likeness (QED) is 0.324. The van der Waals surface area contributed by atoms with Gasteiger partial charge in [-0.2, -0.15) is 5.10 Å². The van der Waals surface area contributed by atoms with Crippen LogP contribution in [0.25, 0.3) is 39.0 Å². The average molecular weight is 440 g/mol. The van der Waals surface area contributed by atoms with Gasteiger partial charge >= 0.3 is 0 Å². The summed E-state index contributed by atoms with van der Waals surface area (Å²) in [6, 6.07) is 12.3. The molecule has 0 bridgehead atoms. The first-order chi connectivity index (χ1) is 16.2. The number of hydrogen-bond acceptors (Lipinski definition) is 5. The van der Waals surface area contributed by atoms with E-state index in [0.29, 0.717) is 6.54 Å². The first kappa shape index (κ1) is 20.8. The molecule has 33 heavy (non-hydrogen) atoms. The van der Waals surface area contributed by atoms with Crippen LogP contribution < -0.4 is 10.5 Å². The molecule has 0 aliphatic carbocycles. The third-order valence-corrected chi connectivity index (χ3v) is 5.80. The van der Waals surface area contributed by atoms with Crippen molar-refractivity contribution in [3.8, 4) is 28.3 Å². The standard InChI is InChI=1S/C26H25N5O2/c1-3-23-21(20(6-8-27)17-7-9-33-15-17)12-25(29-23)26-22-11-16(4-5-24(22)30-31-26)18-10-19(32-2)14-28-13-18/h4-7,9-15,29H,3,8,27H2,1-2H3,(H,30,31)/b20-6-. The Morgan fingerprint density at radius 2 is 2.06 bits per heavy atom. The molecule has 4 aromatic heterocycles. The molecule has 0 atom stereocenters. The summed E-state index contributed by atoms with van der Waals surface area (Å²) in [5.41, 5.74) is 15.0. The van der Waals surface area contributed by atoms with Gasteiger partial charge in [0.2, 0.25) is 0 Å². The first-order valence-electron chi connectivity index (χ1n) is 10.8. The molecule has 0 saturated heterocycles. The number of methoxy groups -OCH3 is 1. The van der Waals surface area contributed by atoms with E-state index in [1.165, 1.54) is 0 Å². The van der Waals surface area contributed by atoms with Gasteiger partial charge in [-0.3, -0.25) is 10.1 Å². The first-order valence-corrected chi connectivity index (χ1v) is 10.8. The Kier molecular flexibility index (Phi) is 5.54. The Bertz CT molecular complexity index is 1430. The Morgan fingerprint density at radius 1 is 1.15 bits per heavy atom. The molecule has 0 aliphatic heterocycles. The second-order valence-electron chi connectivity index (χ2n) is 7.74. The highest BCUT2D eigenvalue weighted by Gasteiger charge is 2.18. The highest BCUT2D eigenvalue weighted by Crippen LogP contribution is 2.35. The molecule has 7 heteroatoms. The van der Waals surface area contributed by atoms with E-state index in [9.17, 15) is 0 Å². The van der Waals surface area contributed by atoms with Crippen molar-refractivity contribution in [2.45, 2.75) is 13.3 Å². The number of hydrogen-bond donors (Lipinski definition) is 3. The molecule has 0 radical (unpaired) electrons. The van der Waals surface area contributed by atoms with Crippen molar-refractivity contribution < 1.29 is 9.15 Å². The lowest BCUT2D eigenvalue weighted by atomic mass is 9.98. The number of pyridine rings is 1. The lowest BCUT2D eigenvalue weighted by Crippen LogP contribution is -1.98. The van der Waals surface area contributed by atoms with Crippen LogP contribution in [0.3, 0.4) is 0 Å². The normalized spacial score (nSPS) is 11.9. The number of H-pyrrole nitrogens is 2. The maximum atomic E-state index is 5.88. The van der Waals surface area contributed by atoms with Crippen molar-refractivity contribution in [2.75, 3.05) is 13.7 Å². The fraction of sp³-hybridized carbons (Fsp3) is 0.154. The molecule has 0 fully saturated rings. The summed E-state index contributed by atoms with van der Waals surface area (Å²) < 4.78 is 10.7. The summed E-state index contributed by atoms with van der Waals surface area (Å²) in [6.07, 6.45) is 9.82. The summed E-state index contributed by atoms with van der Waals surface area (Å²) in [7, 11) is 1.64. The molecule has 4 heterocycles. The predicted octanol–water partition coefficient (Wildman–Crippen LogP) is 5.17. The number of aromatic amines is 2. The SMILES string of the molecule is CCc1[nH]c(-c2n[nH]c3ccc(-c4cncc(OC)c4)cc23)cc1/C(=C\CN)c1ccoc1. The molecule has 0 saturated carbocycles. The lowest BCUT2D eigenvalue weighted by Gasteiger charge is -2.05. The monoisotopic (exact) mass is 439 g/mol. The van der Waals surface area contributed by atoms with Gasteiger partial charge in [-0.05, 0) is 47.9 Å². The number of rotatable bonds is 7. The summed E-state index contributed by atoms with van der Waals surface area (Å²) in [4.78, 5) is 7.87. The van der Waals surface area contributed by atoms with E-state index in [-0.39, 0.29) is 0 Å². The molecule has 4 N–H and O–H groups in total. The maximum absolute atomic E-state index is 5.88. The Labute approximate surface area is 191 Å². The molecular formula is C26H25N5O2. The van der Waals surface area contributed by atoms with Crippen LogP contribution in [0.5, 0.6) is 5.75 Å². The summed E-state index contributed by atoms with van der Waals surface area (Å²) in [6.45, 7) is 2.57. The van der Waals surface area contributed by atoms with E-state index < -0.39 is 0 Å². The van der Waals surface area contributed by atoms with E-state index in [4.69, 9.17) is 14.9 Å². The minimum absolute atomic E-state index is 0.438. The van der Waals surface area contributed by atoms with Gasteiger partial charge in [0.25, 0.3) is 0 Å². The minimum atomic E-state index is 0.438. The Morgan fingerprint density at radius 3 is 2.82 bits per heavy atom. The van der Waals surface area contributed by atoms with Crippen molar-refractivity contribution in [3.05, 3.63) is 84.2 Å². The number of benzene rings is 1. The van der Waals surface area contributed by atoms with Crippen LogP contribution in [0.15, 0.2) is 71.8 Å². The molecule has 5 rings (SSSR count). The van der Waals surface area contributed by atoms with Gasteiger partial charge in [-0.15, -0.1) is 0 Å². The zero-order chi connectivity index (χ0) is 22.8. The summed E-state index contributed by atoms with van der Waals surface area (Å²) >= 11 is 0. The number of nitrogens with one attached hydrogen (secondary N) is 2. The van der Waals surface area contributed by atoms with Crippen molar-refractivity contribution in [1.29, 1.82) is 0 Å². The molecule has 166 valence electrons. The molecule has 1 aromatic carbocycles. The summed E-state index contributed by atoms with van der Waals surface area (Å²) in [5, 5.41) is 8.81. The Balaban J connectivity index is 1.62. The largest absolute Gasteiger partial charge is 0.495 e. The zero-order valence-corrected chi connectivity index (χ0v) is 18.6. The third kappa shape index (κ3) is 3.83. The fourth-order valence-corrected chi connectivity index (χ4v) is 4.15. The number of nitrogens with zero attached hydrogens (tertiary/aromatic N) is 2. The number of ether oxygens (including phenoxy) is 1. The number of aromatic nitrogens is 4. The smallest absolute Gasteiger partial charge is 0.137 e. The molecular weight excluding hydrogens is 414 g/mol. The van der Waals surface area contributed by atoms with E-state index in [1.807, 2.05) is 30.5 Å². The van der Waals surface area contributed by atoms with Crippen LogP contribution in [-0.2, 0) is 6.42 Å². The van der Waals surface area contributed by atoms with Crippen molar-refractivity contribution >= 4 is 16.5 Å². The second-order valence-corrected chi connectivity index (χ2v) is 7.74. The third-order valence-electron chi connectivity index (χ3n) is 5.80. The van der Waals surface area contributed by atoms with Crippen molar-refractivity contribution in [2.24, 2.45) is 5.73 Å². The molecule has 0 unspecified atom stereocenters. The van der Waals surface area contributed by atoms with E-state index in [2.05, 4.69) is 45.3 Å². The predicted molar refractivity (Wildman–Crippen MR) is 130 cm³/mol. The van der Waals surface area contributed by atoms with Gasteiger partial charge < -0.3 is 19.9 Å². The van der Waals surface area contributed by atoms with Gasteiger partial charge in [0.15, 0.2) is 0 Å². The number of aryl methyl sites for hydroxylation is 1. The number of furan rings is 1. The highest BCUT2D eigenvalue weighted by molar-refractivity contribution is 5.96. The maximum Gasteiger partial charge on any atom is 0.137 e. The van der Waals surface area contributed by atoms with Crippen LogP contribution in [0.4, 0.5) is 0 Å². The molecule has 0 amide bonds. The molecule has 0 aliphatic rings. The van der Waals surface area contributed by atoms with Gasteiger partial charge in [0, 0.05) is 40.5 Å². The van der Waals surface area contributed by atoms with Crippen LogP contribution in [-0.4, -0.2) is 33.8 Å². The zero-order valence-electron chi connectivity index (χ0n) is 18.6. The van der Waals surface area contributed by atoms with Gasteiger partial charge in [0.1, 0.15) is 11.4 Å². The molecule has 5 aromatic rings. The van der Waals surface area contributed by atoms with Gasteiger partial charge in [0.05, 0.1) is 37.0 Å². The van der Waals surface area contributed by atoms with E-state index in [0.717, 1.165) is 68.0 Å². The summed E-state index contributed by atoms with van der Waals surface area (Å²) in [5.74, 6) is 0.722. The highest BCUT2D eigenvalue weighted by atomic mass is 16.5. The van der Waals surface area contributed by atoms with Gasteiger partial charge in [-0.25, -0.2) is 0 Å². The van der Waals surface area contributed by atoms with Crippen LogP contribution in [0.1, 0.15) is 23.7 Å². The lowest BCUT2D eigenvalue weighted by molar-refractivity contribution is 0.413. The number of nitrogens with two attached hydrogens (primary N) is 1.